The molecule has 1 aromatic carbocycles. The van der Waals surface area contributed by atoms with Gasteiger partial charge in [0.2, 0.25) is 5.91 Å². The fourth-order valence-electron chi connectivity index (χ4n) is 2.58. The van der Waals surface area contributed by atoms with E-state index in [1.54, 1.807) is 30.2 Å². The molecule has 0 spiro atoms. The SMILES string of the molecule is COCCNC(=O)C1CCN(C(=O)c2ccc(Cl)c(Cl)c2)CC1. The number of carbonyl (C=O) groups is 2. The number of hydrogen-bond acceptors (Lipinski definition) is 3. The molecule has 2 rings (SSSR count). The third kappa shape index (κ3) is 4.83. The molecular weight excluding hydrogens is 339 g/mol. The van der Waals surface area contributed by atoms with Crippen molar-refractivity contribution in [2.75, 3.05) is 33.4 Å². The first-order chi connectivity index (χ1) is 11.0. The van der Waals surface area contributed by atoms with Gasteiger partial charge in [0, 0.05) is 38.2 Å². The summed E-state index contributed by atoms with van der Waals surface area (Å²) in [5.74, 6) is -0.102. The van der Waals surface area contributed by atoms with Gasteiger partial charge in [-0.05, 0) is 31.0 Å². The molecule has 1 N–H and O–H groups in total. The predicted molar refractivity (Wildman–Crippen MR) is 90.0 cm³/mol. The van der Waals surface area contributed by atoms with Crippen molar-refractivity contribution in [3.8, 4) is 0 Å². The van der Waals surface area contributed by atoms with E-state index in [2.05, 4.69) is 5.32 Å². The normalized spacial score (nSPS) is 15.5. The number of nitrogens with one attached hydrogen (secondary N) is 1. The lowest BCUT2D eigenvalue weighted by molar-refractivity contribution is -0.126. The Kier molecular flexibility index (Phi) is 6.69. The molecule has 1 aliphatic rings. The number of hydrogen-bond donors (Lipinski definition) is 1. The summed E-state index contributed by atoms with van der Waals surface area (Å²) in [6.45, 7) is 2.13. The van der Waals surface area contributed by atoms with Crippen LogP contribution in [0.3, 0.4) is 0 Å². The van der Waals surface area contributed by atoms with Gasteiger partial charge >= 0.3 is 0 Å². The van der Waals surface area contributed by atoms with E-state index in [9.17, 15) is 9.59 Å². The van der Waals surface area contributed by atoms with Crippen LogP contribution in [0.15, 0.2) is 18.2 Å². The van der Waals surface area contributed by atoms with Gasteiger partial charge in [-0.1, -0.05) is 23.2 Å². The molecule has 1 saturated heterocycles. The second kappa shape index (κ2) is 8.52. The molecule has 0 atom stereocenters. The van der Waals surface area contributed by atoms with Crippen molar-refractivity contribution in [3.05, 3.63) is 33.8 Å². The van der Waals surface area contributed by atoms with Gasteiger partial charge in [-0.2, -0.15) is 0 Å². The first-order valence-corrected chi connectivity index (χ1v) is 8.29. The highest BCUT2D eigenvalue weighted by Gasteiger charge is 2.27. The highest BCUT2D eigenvalue weighted by atomic mass is 35.5. The van der Waals surface area contributed by atoms with Gasteiger partial charge in [0.25, 0.3) is 5.91 Å². The standard InChI is InChI=1S/C16H20Cl2N2O3/c1-23-9-6-19-15(21)11-4-7-20(8-5-11)16(22)12-2-3-13(17)14(18)10-12/h2-3,10-11H,4-9H2,1H3,(H,19,21). The van der Waals surface area contributed by atoms with Crippen molar-refractivity contribution in [2.45, 2.75) is 12.8 Å². The second-order valence-electron chi connectivity index (χ2n) is 5.48. The highest BCUT2D eigenvalue weighted by molar-refractivity contribution is 6.42. The van der Waals surface area contributed by atoms with Crippen molar-refractivity contribution in [2.24, 2.45) is 5.92 Å². The third-order valence-electron chi connectivity index (χ3n) is 3.92. The van der Waals surface area contributed by atoms with Gasteiger partial charge in [0.1, 0.15) is 0 Å². The molecule has 0 bridgehead atoms. The van der Waals surface area contributed by atoms with E-state index in [0.29, 0.717) is 54.7 Å². The van der Waals surface area contributed by atoms with Crippen LogP contribution in [0.4, 0.5) is 0 Å². The summed E-state index contributed by atoms with van der Waals surface area (Å²) in [5.41, 5.74) is 0.516. The number of benzene rings is 1. The van der Waals surface area contributed by atoms with E-state index in [4.69, 9.17) is 27.9 Å². The Morgan fingerprint density at radius 1 is 1.26 bits per heavy atom. The molecule has 1 aromatic rings. The van der Waals surface area contributed by atoms with Crippen LogP contribution in [0.25, 0.3) is 0 Å². The van der Waals surface area contributed by atoms with Crippen molar-refractivity contribution >= 4 is 35.0 Å². The summed E-state index contributed by atoms with van der Waals surface area (Å²) >= 11 is 11.8. The van der Waals surface area contributed by atoms with E-state index < -0.39 is 0 Å². The lowest BCUT2D eigenvalue weighted by atomic mass is 9.95. The average molecular weight is 359 g/mol. The van der Waals surface area contributed by atoms with E-state index in [1.807, 2.05) is 0 Å². The van der Waals surface area contributed by atoms with Crippen molar-refractivity contribution in [3.63, 3.8) is 0 Å². The van der Waals surface area contributed by atoms with E-state index in [-0.39, 0.29) is 17.7 Å². The number of ether oxygens (including phenoxy) is 1. The zero-order valence-corrected chi connectivity index (χ0v) is 14.5. The van der Waals surface area contributed by atoms with Gasteiger partial charge in [0.05, 0.1) is 16.7 Å². The van der Waals surface area contributed by atoms with Crippen molar-refractivity contribution in [1.82, 2.24) is 10.2 Å². The fraction of sp³-hybridized carbons (Fsp3) is 0.500. The van der Waals surface area contributed by atoms with Gasteiger partial charge in [0.15, 0.2) is 0 Å². The number of nitrogens with zero attached hydrogens (tertiary/aromatic N) is 1. The Bertz CT molecular complexity index is 572. The van der Waals surface area contributed by atoms with Gasteiger partial charge in [-0.3, -0.25) is 9.59 Å². The number of likely N-dealkylation sites (tertiary alicyclic amines) is 1. The Morgan fingerprint density at radius 2 is 1.96 bits per heavy atom. The summed E-state index contributed by atoms with van der Waals surface area (Å²) < 4.78 is 4.91. The average Bonchev–Trinajstić information content (AvgIpc) is 2.57. The van der Waals surface area contributed by atoms with Crippen molar-refractivity contribution in [1.29, 1.82) is 0 Å². The largest absolute Gasteiger partial charge is 0.383 e. The summed E-state index contributed by atoms with van der Waals surface area (Å²) in [5, 5.41) is 3.63. The molecule has 5 nitrogen and oxygen atoms in total. The van der Waals surface area contributed by atoms with E-state index in [0.717, 1.165) is 0 Å². The Balaban J connectivity index is 1.87. The molecule has 0 aromatic heterocycles. The Hall–Kier alpha value is -1.30. The highest BCUT2D eigenvalue weighted by Crippen LogP contribution is 2.25. The summed E-state index contributed by atoms with van der Waals surface area (Å²) in [7, 11) is 1.60. The molecule has 0 unspecified atom stereocenters. The molecule has 1 aliphatic heterocycles. The molecule has 0 saturated carbocycles. The molecule has 0 aliphatic carbocycles. The molecule has 126 valence electrons. The number of halogens is 2. The molecule has 1 fully saturated rings. The van der Waals surface area contributed by atoms with E-state index in [1.165, 1.54) is 0 Å². The van der Waals surface area contributed by atoms with Crippen LogP contribution >= 0.6 is 23.2 Å². The maximum absolute atomic E-state index is 12.5. The maximum atomic E-state index is 12.5. The minimum Gasteiger partial charge on any atom is -0.383 e. The smallest absolute Gasteiger partial charge is 0.253 e. The van der Waals surface area contributed by atoms with Crippen LogP contribution in [0.1, 0.15) is 23.2 Å². The van der Waals surface area contributed by atoms with Gasteiger partial charge in [-0.25, -0.2) is 0 Å². The monoisotopic (exact) mass is 358 g/mol. The van der Waals surface area contributed by atoms with Crippen LogP contribution in [0.5, 0.6) is 0 Å². The van der Waals surface area contributed by atoms with Crippen molar-refractivity contribution < 1.29 is 14.3 Å². The number of piperidine rings is 1. The van der Waals surface area contributed by atoms with Crippen LogP contribution < -0.4 is 5.32 Å². The number of methoxy groups -OCH3 is 1. The Morgan fingerprint density at radius 3 is 2.57 bits per heavy atom. The minimum absolute atomic E-state index is 0.0312. The third-order valence-corrected chi connectivity index (χ3v) is 4.66. The second-order valence-corrected chi connectivity index (χ2v) is 6.29. The summed E-state index contributed by atoms with van der Waals surface area (Å²) in [6, 6.07) is 4.86. The summed E-state index contributed by atoms with van der Waals surface area (Å²) in [4.78, 5) is 26.2. The van der Waals surface area contributed by atoms with E-state index >= 15 is 0 Å². The Labute approximate surface area is 145 Å². The topological polar surface area (TPSA) is 58.6 Å². The number of carbonyl (C=O) groups excluding carboxylic acids is 2. The maximum Gasteiger partial charge on any atom is 0.253 e. The first-order valence-electron chi connectivity index (χ1n) is 7.54. The van der Waals surface area contributed by atoms with Gasteiger partial charge in [-0.15, -0.1) is 0 Å². The molecule has 23 heavy (non-hydrogen) atoms. The van der Waals surface area contributed by atoms with Gasteiger partial charge < -0.3 is 15.0 Å². The fourth-order valence-corrected chi connectivity index (χ4v) is 2.88. The lowest BCUT2D eigenvalue weighted by Crippen LogP contribution is -2.43. The van der Waals surface area contributed by atoms with Crippen LogP contribution in [0, 0.1) is 5.92 Å². The number of amides is 2. The first kappa shape index (κ1) is 18.0. The minimum atomic E-state index is -0.0817. The van der Waals surface area contributed by atoms with Crippen LogP contribution in [-0.4, -0.2) is 50.1 Å². The quantitative estimate of drug-likeness (QED) is 0.823. The zero-order valence-electron chi connectivity index (χ0n) is 13.0. The molecule has 2 amide bonds. The lowest BCUT2D eigenvalue weighted by Gasteiger charge is -2.31. The molecule has 0 radical (unpaired) electrons. The molecular formula is C16H20Cl2N2O3. The predicted octanol–water partition coefficient (Wildman–Crippen LogP) is 2.61. The molecule has 1 heterocycles. The zero-order chi connectivity index (χ0) is 16.8. The molecule has 7 heteroatoms. The van der Waals surface area contributed by atoms with Crippen LogP contribution in [-0.2, 0) is 9.53 Å². The number of rotatable bonds is 5. The summed E-state index contributed by atoms with van der Waals surface area (Å²) in [6.07, 6.45) is 1.32. The van der Waals surface area contributed by atoms with Crippen LogP contribution in [0.2, 0.25) is 10.0 Å².